The van der Waals surface area contributed by atoms with Crippen LogP contribution in [0.25, 0.3) is 0 Å². The number of rotatable bonds is 4. The molecule has 0 saturated heterocycles. The quantitative estimate of drug-likeness (QED) is 0.656. The molecule has 20 heavy (non-hydrogen) atoms. The Hall–Kier alpha value is -1.46. The molecule has 0 aliphatic heterocycles. The molecule has 0 heterocycles. The van der Waals surface area contributed by atoms with Crippen LogP contribution in [0.5, 0.6) is 0 Å². The lowest BCUT2D eigenvalue weighted by atomic mass is 10.2. The minimum atomic E-state index is -0.313. The first kappa shape index (κ1) is 14.9. The van der Waals surface area contributed by atoms with Gasteiger partial charge in [0.05, 0.1) is 12.2 Å². The zero-order valence-corrected chi connectivity index (χ0v) is 13.3. The Bertz CT molecular complexity index is 614. The number of nitrogen functional groups attached to an aromatic ring is 1. The van der Waals surface area contributed by atoms with Crippen LogP contribution in [0.2, 0.25) is 0 Å². The molecular weight excluding hydrogens is 338 g/mol. The number of hydrogen-bond acceptors (Lipinski definition) is 4. The van der Waals surface area contributed by atoms with Crippen LogP contribution >= 0.6 is 27.7 Å². The summed E-state index contributed by atoms with van der Waals surface area (Å²) < 4.78 is 5.94. The highest BCUT2D eigenvalue weighted by Gasteiger charge is 2.14. The average Bonchev–Trinajstić information content (AvgIpc) is 2.43. The molecule has 2 rings (SSSR count). The van der Waals surface area contributed by atoms with Crippen molar-refractivity contribution < 1.29 is 9.53 Å². The predicted molar refractivity (Wildman–Crippen MR) is 85.1 cm³/mol. The minimum absolute atomic E-state index is 0.313. The lowest BCUT2D eigenvalue weighted by Gasteiger charge is -2.09. The van der Waals surface area contributed by atoms with Crippen molar-refractivity contribution >= 4 is 39.3 Å². The van der Waals surface area contributed by atoms with Gasteiger partial charge in [-0.3, -0.25) is 0 Å². The fourth-order valence-corrected chi connectivity index (χ4v) is 2.90. The number of esters is 1. The van der Waals surface area contributed by atoms with Crippen LogP contribution in [0.4, 0.5) is 5.69 Å². The van der Waals surface area contributed by atoms with E-state index in [9.17, 15) is 4.79 Å². The molecule has 0 bridgehead atoms. The number of hydrogen-bond donors (Lipinski definition) is 1. The third-order valence-electron chi connectivity index (χ3n) is 2.54. The number of ether oxygens (including phenoxy) is 1. The molecule has 0 aromatic heterocycles. The molecule has 2 N–H and O–H groups in total. The molecule has 104 valence electrons. The third-order valence-corrected chi connectivity index (χ3v) is 4.12. The Balaban J connectivity index is 2.31. The number of carbonyl (C=O) groups is 1. The van der Waals surface area contributed by atoms with Crippen LogP contribution in [-0.2, 0) is 4.74 Å². The van der Waals surface area contributed by atoms with Crippen LogP contribution in [-0.4, -0.2) is 12.6 Å². The van der Waals surface area contributed by atoms with Gasteiger partial charge in [0.1, 0.15) is 0 Å². The van der Waals surface area contributed by atoms with E-state index in [1.165, 1.54) is 11.8 Å². The Morgan fingerprint density at radius 2 is 1.95 bits per heavy atom. The number of nitrogens with two attached hydrogens (primary N) is 1. The molecule has 0 aliphatic carbocycles. The maximum atomic E-state index is 12.0. The largest absolute Gasteiger partial charge is 0.462 e. The summed E-state index contributed by atoms with van der Waals surface area (Å²) in [6, 6.07) is 13.1. The molecule has 5 heteroatoms. The maximum absolute atomic E-state index is 12.0. The van der Waals surface area contributed by atoms with E-state index in [2.05, 4.69) is 15.9 Å². The van der Waals surface area contributed by atoms with Crippen LogP contribution in [0.1, 0.15) is 17.3 Å². The Kier molecular flexibility index (Phi) is 5.09. The van der Waals surface area contributed by atoms with Gasteiger partial charge in [-0.2, -0.15) is 0 Å². The monoisotopic (exact) mass is 351 g/mol. The van der Waals surface area contributed by atoms with E-state index in [4.69, 9.17) is 10.5 Å². The van der Waals surface area contributed by atoms with Gasteiger partial charge in [0.25, 0.3) is 0 Å². The Morgan fingerprint density at radius 3 is 2.60 bits per heavy atom. The van der Waals surface area contributed by atoms with Crippen LogP contribution in [0.3, 0.4) is 0 Å². The highest BCUT2D eigenvalue weighted by molar-refractivity contribution is 9.10. The zero-order valence-electron chi connectivity index (χ0n) is 10.9. The number of carbonyl (C=O) groups excluding carboxylic acids is 1. The number of halogens is 1. The smallest absolute Gasteiger partial charge is 0.339 e. The van der Waals surface area contributed by atoms with Crippen LogP contribution in [0, 0.1) is 0 Å². The molecule has 3 nitrogen and oxygen atoms in total. The van der Waals surface area contributed by atoms with Gasteiger partial charge in [-0.15, -0.1) is 0 Å². The second-order valence-electron chi connectivity index (χ2n) is 4.03. The van der Waals surface area contributed by atoms with Crippen molar-refractivity contribution in [3.05, 3.63) is 52.5 Å². The van der Waals surface area contributed by atoms with Gasteiger partial charge >= 0.3 is 5.97 Å². The maximum Gasteiger partial charge on any atom is 0.339 e. The van der Waals surface area contributed by atoms with Crippen molar-refractivity contribution in [2.75, 3.05) is 12.3 Å². The highest BCUT2D eigenvalue weighted by Crippen LogP contribution is 2.32. The predicted octanol–water partition coefficient (Wildman–Crippen LogP) is 4.36. The van der Waals surface area contributed by atoms with Crippen molar-refractivity contribution in [2.45, 2.75) is 16.7 Å². The molecule has 0 aliphatic rings. The highest BCUT2D eigenvalue weighted by atomic mass is 79.9. The lowest BCUT2D eigenvalue weighted by molar-refractivity contribution is 0.0522. The Labute approximate surface area is 130 Å². The second kappa shape index (κ2) is 6.81. The molecular formula is C15H14BrNO2S. The number of benzene rings is 2. The fourth-order valence-electron chi connectivity index (χ4n) is 1.62. The van der Waals surface area contributed by atoms with Crippen molar-refractivity contribution in [3.63, 3.8) is 0 Å². The molecule has 0 amide bonds. The molecule has 0 saturated carbocycles. The standard InChI is InChI=1S/C15H14BrNO2S/c1-2-19-15(18)13-9-10(16)3-8-14(13)20-12-6-4-11(17)5-7-12/h3-9H,2,17H2,1H3. The van der Waals surface area contributed by atoms with Gasteiger partial charge in [-0.05, 0) is 49.4 Å². The summed E-state index contributed by atoms with van der Waals surface area (Å²) in [4.78, 5) is 13.9. The van der Waals surface area contributed by atoms with Crippen LogP contribution in [0.15, 0.2) is 56.7 Å². The summed E-state index contributed by atoms with van der Waals surface area (Å²) in [5.41, 5.74) is 6.94. The first-order valence-electron chi connectivity index (χ1n) is 6.10. The molecule has 0 atom stereocenters. The topological polar surface area (TPSA) is 52.3 Å². The lowest BCUT2D eigenvalue weighted by Crippen LogP contribution is -2.06. The Morgan fingerprint density at radius 1 is 1.25 bits per heavy atom. The molecule has 2 aromatic carbocycles. The van der Waals surface area contributed by atoms with E-state index < -0.39 is 0 Å². The van der Waals surface area contributed by atoms with Crippen LogP contribution < -0.4 is 5.73 Å². The van der Waals surface area contributed by atoms with E-state index in [0.29, 0.717) is 12.2 Å². The van der Waals surface area contributed by atoms with Gasteiger partial charge in [-0.1, -0.05) is 27.7 Å². The first-order chi connectivity index (χ1) is 9.60. The van der Waals surface area contributed by atoms with E-state index >= 15 is 0 Å². The fraction of sp³-hybridized carbons (Fsp3) is 0.133. The molecule has 0 radical (unpaired) electrons. The van der Waals surface area contributed by atoms with Gasteiger partial charge < -0.3 is 10.5 Å². The number of anilines is 1. The normalized spacial score (nSPS) is 10.3. The van der Waals surface area contributed by atoms with E-state index in [1.54, 1.807) is 13.0 Å². The van der Waals surface area contributed by atoms with Crippen molar-refractivity contribution in [1.82, 2.24) is 0 Å². The first-order valence-corrected chi connectivity index (χ1v) is 7.71. The molecule has 0 unspecified atom stereocenters. The van der Waals surface area contributed by atoms with Gasteiger partial charge in [0.2, 0.25) is 0 Å². The summed E-state index contributed by atoms with van der Waals surface area (Å²) >= 11 is 4.89. The van der Waals surface area contributed by atoms with Gasteiger partial charge in [-0.25, -0.2) is 4.79 Å². The van der Waals surface area contributed by atoms with Gasteiger partial charge in [0, 0.05) is 20.0 Å². The van der Waals surface area contributed by atoms with Gasteiger partial charge in [0.15, 0.2) is 0 Å². The SMILES string of the molecule is CCOC(=O)c1cc(Br)ccc1Sc1ccc(N)cc1. The second-order valence-corrected chi connectivity index (χ2v) is 6.06. The summed E-state index contributed by atoms with van der Waals surface area (Å²) in [5.74, 6) is -0.313. The van der Waals surface area contributed by atoms with Crippen molar-refractivity contribution in [3.8, 4) is 0 Å². The summed E-state index contributed by atoms with van der Waals surface area (Å²) in [5, 5.41) is 0. The zero-order chi connectivity index (χ0) is 14.5. The average molecular weight is 352 g/mol. The minimum Gasteiger partial charge on any atom is -0.462 e. The molecule has 0 fully saturated rings. The van der Waals surface area contributed by atoms with E-state index in [1.807, 2.05) is 36.4 Å². The molecule has 0 spiro atoms. The molecule has 2 aromatic rings. The van der Waals surface area contributed by atoms with E-state index in [-0.39, 0.29) is 5.97 Å². The third kappa shape index (κ3) is 3.77. The summed E-state index contributed by atoms with van der Waals surface area (Å²) in [6.45, 7) is 2.15. The summed E-state index contributed by atoms with van der Waals surface area (Å²) in [7, 11) is 0. The van der Waals surface area contributed by atoms with Crippen molar-refractivity contribution in [1.29, 1.82) is 0 Å². The summed E-state index contributed by atoms with van der Waals surface area (Å²) in [6.07, 6.45) is 0. The van der Waals surface area contributed by atoms with Crippen molar-refractivity contribution in [2.24, 2.45) is 0 Å². The van der Waals surface area contributed by atoms with E-state index in [0.717, 1.165) is 20.0 Å².